The van der Waals surface area contributed by atoms with Crippen LogP contribution >= 0.6 is 11.3 Å². The number of pyridine rings is 1. The van der Waals surface area contributed by atoms with Gasteiger partial charge in [-0.3, -0.25) is 14.6 Å². The zero-order valence-corrected chi connectivity index (χ0v) is 17.7. The highest BCUT2D eigenvalue weighted by Gasteiger charge is 2.11. The molecule has 7 heteroatoms. The molecule has 30 heavy (non-hydrogen) atoms. The van der Waals surface area contributed by atoms with Crippen LogP contribution in [0.2, 0.25) is 0 Å². The lowest BCUT2D eigenvalue weighted by Crippen LogP contribution is -2.28. The van der Waals surface area contributed by atoms with Gasteiger partial charge in [-0.05, 0) is 54.6 Å². The second-order valence-corrected chi connectivity index (χ2v) is 7.76. The van der Waals surface area contributed by atoms with Gasteiger partial charge in [-0.15, -0.1) is 11.3 Å². The van der Waals surface area contributed by atoms with Crippen LogP contribution in [0.3, 0.4) is 0 Å². The van der Waals surface area contributed by atoms with Crippen LogP contribution in [0, 0.1) is 0 Å². The van der Waals surface area contributed by atoms with Crippen molar-refractivity contribution in [3.8, 4) is 5.75 Å². The zero-order valence-electron chi connectivity index (χ0n) is 16.8. The van der Waals surface area contributed by atoms with Gasteiger partial charge in [-0.2, -0.15) is 0 Å². The first-order chi connectivity index (χ1) is 14.6. The van der Waals surface area contributed by atoms with Crippen molar-refractivity contribution in [1.29, 1.82) is 0 Å². The summed E-state index contributed by atoms with van der Waals surface area (Å²) in [6, 6.07) is 16.9. The molecule has 2 N–H and O–H groups in total. The summed E-state index contributed by atoms with van der Waals surface area (Å²) in [5, 5.41) is 7.69. The maximum absolute atomic E-state index is 12.2. The summed E-state index contributed by atoms with van der Waals surface area (Å²) in [7, 11) is 0. The Labute approximate surface area is 180 Å². The van der Waals surface area contributed by atoms with Crippen molar-refractivity contribution in [3.05, 3.63) is 82.3 Å². The summed E-state index contributed by atoms with van der Waals surface area (Å²) in [6.45, 7) is 2.80. The zero-order chi connectivity index (χ0) is 21.2. The Morgan fingerprint density at radius 3 is 2.80 bits per heavy atom. The highest BCUT2D eigenvalue weighted by atomic mass is 32.1. The highest BCUT2D eigenvalue weighted by molar-refractivity contribution is 7.12. The number of aromatic nitrogens is 1. The lowest BCUT2D eigenvalue weighted by molar-refractivity contribution is -0.121. The van der Waals surface area contributed by atoms with E-state index in [2.05, 4.69) is 15.6 Å². The Hall–Kier alpha value is -3.19. The van der Waals surface area contributed by atoms with Gasteiger partial charge in [-0.1, -0.05) is 24.3 Å². The molecule has 2 heterocycles. The van der Waals surface area contributed by atoms with Gasteiger partial charge < -0.3 is 15.4 Å². The lowest BCUT2D eigenvalue weighted by atomic mass is 10.1. The number of benzene rings is 1. The largest absolute Gasteiger partial charge is 0.487 e. The molecule has 0 aliphatic heterocycles. The lowest BCUT2D eigenvalue weighted by Gasteiger charge is -2.16. The second-order valence-electron chi connectivity index (χ2n) is 6.81. The third-order valence-electron chi connectivity index (χ3n) is 4.46. The predicted molar refractivity (Wildman–Crippen MR) is 117 cm³/mol. The molecule has 0 saturated heterocycles. The van der Waals surface area contributed by atoms with Crippen molar-refractivity contribution in [2.45, 2.75) is 32.4 Å². The van der Waals surface area contributed by atoms with Crippen molar-refractivity contribution in [2.75, 3.05) is 6.54 Å². The third kappa shape index (κ3) is 6.70. The number of ether oxygens (including phenoxy) is 1. The predicted octanol–water partition coefficient (Wildman–Crippen LogP) is 4.11. The number of carbonyl (C=O) groups excluding carboxylic acids is 2. The highest BCUT2D eigenvalue weighted by Crippen LogP contribution is 2.20. The number of rotatable bonds is 10. The number of amides is 2. The maximum Gasteiger partial charge on any atom is 0.261 e. The Kier molecular flexibility index (Phi) is 7.97. The van der Waals surface area contributed by atoms with Gasteiger partial charge in [0.15, 0.2) is 0 Å². The summed E-state index contributed by atoms with van der Waals surface area (Å²) in [5.74, 6) is 0.588. The number of hydrogen-bond donors (Lipinski definition) is 2. The van der Waals surface area contributed by atoms with E-state index in [0.29, 0.717) is 30.9 Å². The summed E-state index contributed by atoms with van der Waals surface area (Å²) < 4.78 is 5.81. The van der Waals surface area contributed by atoms with E-state index in [1.54, 1.807) is 12.3 Å². The molecule has 0 bridgehead atoms. The fraction of sp³-hybridized carbons (Fsp3) is 0.261. The average Bonchev–Trinajstić information content (AvgIpc) is 3.31. The normalized spacial score (nSPS) is 11.5. The van der Waals surface area contributed by atoms with Crippen LogP contribution < -0.4 is 15.4 Å². The molecule has 2 amide bonds. The number of nitrogens with one attached hydrogen (secondary N) is 2. The van der Waals surface area contributed by atoms with Gasteiger partial charge in [0.2, 0.25) is 5.91 Å². The number of carbonyl (C=O) groups is 2. The molecule has 1 unspecified atom stereocenters. The molecule has 6 nitrogen and oxygen atoms in total. The second kappa shape index (κ2) is 11.1. The van der Waals surface area contributed by atoms with Crippen LogP contribution in [-0.2, 0) is 11.4 Å². The quantitative estimate of drug-likeness (QED) is 0.481. The maximum atomic E-state index is 12.2. The van der Waals surface area contributed by atoms with E-state index < -0.39 is 0 Å². The molecular weight excluding hydrogens is 398 g/mol. The van der Waals surface area contributed by atoms with Crippen LogP contribution in [0.15, 0.2) is 66.2 Å². The van der Waals surface area contributed by atoms with E-state index in [4.69, 9.17) is 4.74 Å². The van der Waals surface area contributed by atoms with Crippen molar-refractivity contribution < 1.29 is 14.3 Å². The fourth-order valence-corrected chi connectivity index (χ4v) is 3.50. The van der Waals surface area contributed by atoms with Gasteiger partial charge in [0.1, 0.15) is 12.4 Å². The monoisotopic (exact) mass is 423 g/mol. The summed E-state index contributed by atoms with van der Waals surface area (Å²) >= 11 is 1.40. The van der Waals surface area contributed by atoms with Crippen LogP contribution in [0.25, 0.3) is 0 Å². The molecule has 0 spiro atoms. The van der Waals surface area contributed by atoms with E-state index in [1.807, 2.05) is 60.8 Å². The van der Waals surface area contributed by atoms with E-state index in [0.717, 1.165) is 17.0 Å². The first-order valence-electron chi connectivity index (χ1n) is 9.85. The van der Waals surface area contributed by atoms with E-state index in [9.17, 15) is 9.59 Å². The molecule has 156 valence electrons. The molecule has 0 radical (unpaired) electrons. The third-order valence-corrected chi connectivity index (χ3v) is 5.33. The van der Waals surface area contributed by atoms with Crippen LogP contribution in [0.4, 0.5) is 0 Å². The fourth-order valence-electron chi connectivity index (χ4n) is 2.86. The smallest absolute Gasteiger partial charge is 0.261 e. The van der Waals surface area contributed by atoms with Gasteiger partial charge in [0.05, 0.1) is 16.6 Å². The Bertz CT molecular complexity index is 945. The summed E-state index contributed by atoms with van der Waals surface area (Å²) in [4.78, 5) is 29.0. The minimum absolute atomic E-state index is 0.0484. The molecule has 0 saturated carbocycles. The molecule has 0 aliphatic carbocycles. The number of hydrogen-bond acceptors (Lipinski definition) is 5. The molecule has 0 aliphatic rings. The van der Waals surface area contributed by atoms with Crippen molar-refractivity contribution in [2.24, 2.45) is 0 Å². The first kappa shape index (κ1) is 21.5. The van der Waals surface area contributed by atoms with Gasteiger partial charge >= 0.3 is 0 Å². The van der Waals surface area contributed by atoms with Crippen molar-refractivity contribution in [1.82, 2.24) is 15.6 Å². The molecule has 3 aromatic rings. The summed E-state index contributed by atoms with van der Waals surface area (Å²) in [6.07, 6.45) is 2.67. The van der Waals surface area contributed by atoms with Crippen molar-refractivity contribution in [3.63, 3.8) is 0 Å². The topological polar surface area (TPSA) is 80.3 Å². The van der Waals surface area contributed by atoms with Crippen LogP contribution in [-0.4, -0.2) is 23.3 Å². The molecule has 0 fully saturated rings. The molecular formula is C23H25N3O3S. The minimum atomic E-state index is -0.142. The summed E-state index contributed by atoms with van der Waals surface area (Å²) in [5.41, 5.74) is 1.82. The van der Waals surface area contributed by atoms with Crippen LogP contribution in [0.1, 0.15) is 46.7 Å². The Balaban J connectivity index is 1.40. The minimum Gasteiger partial charge on any atom is -0.487 e. The Morgan fingerprint density at radius 1 is 1.13 bits per heavy atom. The average molecular weight is 424 g/mol. The van der Waals surface area contributed by atoms with E-state index in [-0.39, 0.29) is 17.9 Å². The number of nitrogens with zero attached hydrogens (tertiary/aromatic N) is 1. The number of thiophene rings is 1. The molecule has 1 aromatic carbocycles. The molecule has 2 aromatic heterocycles. The van der Waals surface area contributed by atoms with Crippen LogP contribution in [0.5, 0.6) is 5.75 Å². The standard InChI is InChI=1S/C23H25N3O3S/c1-17(26-22(27)11-5-13-25-23(28)21-10-6-14-30-21)18-7-4-9-20(15-18)29-16-19-8-2-3-12-24-19/h2-4,6-10,12,14-15,17H,5,11,13,16H2,1H3,(H,25,28)(H,26,27). The van der Waals surface area contributed by atoms with E-state index >= 15 is 0 Å². The SMILES string of the molecule is CC(NC(=O)CCCNC(=O)c1cccs1)c1cccc(OCc2ccccn2)c1. The molecule has 1 atom stereocenters. The van der Waals surface area contributed by atoms with Gasteiger partial charge in [-0.25, -0.2) is 0 Å². The van der Waals surface area contributed by atoms with Gasteiger partial charge in [0, 0.05) is 19.2 Å². The van der Waals surface area contributed by atoms with E-state index in [1.165, 1.54) is 11.3 Å². The molecule has 3 rings (SSSR count). The van der Waals surface area contributed by atoms with Crippen molar-refractivity contribution >= 4 is 23.2 Å². The first-order valence-corrected chi connectivity index (χ1v) is 10.7. The van der Waals surface area contributed by atoms with Gasteiger partial charge in [0.25, 0.3) is 5.91 Å². The Morgan fingerprint density at radius 2 is 2.03 bits per heavy atom.